The number of thiocarbonyl (C=S) groups is 1. The number of benzene rings is 3. The van der Waals surface area contributed by atoms with Gasteiger partial charge >= 0.3 is 0 Å². The van der Waals surface area contributed by atoms with Crippen LogP contribution in [0.1, 0.15) is 10.4 Å². The topological polar surface area (TPSA) is 93.2 Å². The van der Waals surface area contributed by atoms with Gasteiger partial charge in [0.05, 0.1) is 5.56 Å². The lowest BCUT2D eigenvalue weighted by Crippen LogP contribution is -2.19. The number of carbonyl (C=O) groups excluding carboxylic acids is 1. The number of nitrogens with two attached hydrogens (primary N) is 2. The number of nitrogens with one attached hydrogen (secondary N) is 2. The molecule has 0 aliphatic rings. The molecule has 136 valence electrons. The molecule has 0 aromatic heterocycles. The van der Waals surface area contributed by atoms with Crippen LogP contribution in [-0.2, 0) is 0 Å². The van der Waals surface area contributed by atoms with Crippen LogP contribution >= 0.6 is 12.2 Å². The first-order valence-electron chi connectivity index (χ1n) is 8.06. The van der Waals surface area contributed by atoms with E-state index in [1.165, 1.54) is 6.07 Å². The summed E-state index contributed by atoms with van der Waals surface area (Å²) < 4.78 is 14.4. The first-order valence-corrected chi connectivity index (χ1v) is 8.47. The Balaban J connectivity index is 1.73. The number of amides is 1. The summed E-state index contributed by atoms with van der Waals surface area (Å²) in [4.78, 5) is 11.3. The first-order chi connectivity index (χ1) is 12.9. The van der Waals surface area contributed by atoms with Gasteiger partial charge in [0.1, 0.15) is 5.82 Å². The SMILES string of the molecule is NC(=O)c1cccc(-c2ccc(NC(=S)Nc3cccc(N)c3)cc2)c1F. The van der Waals surface area contributed by atoms with Crippen molar-refractivity contribution in [1.82, 2.24) is 0 Å². The molecule has 3 aromatic carbocycles. The van der Waals surface area contributed by atoms with E-state index < -0.39 is 11.7 Å². The number of hydrogen-bond acceptors (Lipinski definition) is 3. The third-order valence-electron chi connectivity index (χ3n) is 3.86. The van der Waals surface area contributed by atoms with Crippen LogP contribution in [0.15, 0.2) is 66.7 Å². The Hall–Kier alpha value is -3.45. The van der Waals surface area contributed by atoms with Gasteiger partial charge in [-0.1, -0.05) is 30.3 Å². The third-order valence-corrected chi connectivity index (χ3v) is 4.07. The average molecular weight is 380 g/mol. The van der Waals surface area contributed by atoms with Gasteiger partial charge in [0.25, 0.3) is 5.91 Å². The fraction of sp³-hybridized carbons (Fsp3) is 0. The maximum atomic E-state index is 14.4. The second-order valence-electron chi connectivity index (χ2n) is 5.81. The van der Waals surface area contributed by atoms with Gasteiger partial charge in [0.2, 0.25) is 0 Å². The molecule has 6 N–H and O–H groups in total. The summed E-state index contributed by atoms with van der Waals surface area (Å²) in [7, 11) is 0. The van der Waals surface area contributed by atoms with Crippen LogP contribution in [0.3, 0.4) is 0 Å². The number of carbonyl (C=O) groups is 1. The summed E-state index contributed by atoms with van der Waals surface area (Å²) in [5.41, 5.74) is 13.9. The highest BCUT2D eigenvalue weighted by atomic mass is 32.1. The third kappa shape index (κ3) is 4.39. The molecule has 5 nitrogen and oxygen atoms in total. The fourth-order valence-corrected chi connectivity index (χ4v) is 2.82. The van der Waals surface area contributed by atoms with Crippen molar-refractivity contribution in [3.05, 3.63) is 78.1 Å². The summed E-state index contributed by atoms with van der Waals surface area (Å²) in [6, 6.07) is 18.8. The van der Waals surface area contributed by atoms with E-state index in [1.54, 1.807) is 48.5 Å². The Labute approximate surface area is 161 Å². The van der Waals surface area contributed by atoms with E-state index in [1.807, 2.05) is 12.1 Å². The van der Waals surface area contributed by atoms with Gasteiger partial charge in [-0.2, -0.15) is 0 Å². The molecule has 0 aliphatic heterocycles. The van der Waals surface area contributed by atoms with Gasteiger partial charge in [0, 0.05) is 22.6 Å². The second kappa shape index (κ2) is 7.84. The Bertz CT molecular complexity index is 1010. The van der Waals surface area contributed by atoms with Gasteiger partial charge in [-0.25, -0.2) is 4.39 Å². The zero-order valence-electron chi connectivity index (χ0n) is 14.2. The van der Waals surface area contributed by atoms with Gasteiger partial charge < -0.3 is 22.1 Å². The van der Waals surface area contributed by atoms with E-state index in [4.69, 9.17) is 23.7 Å². The lowest BCUT2D eigenvalue weighted by molar-refractivity contribution is 0.0996. The zero-order chi connectivity index (χ0) is 19.4. The molecular formula is C20H17FN4OS. The number of halogens is 1. The predicted octanol–water partition coefficient (Wildman–Crippen LogP) is 3.98. The minimum absolute atomic E-state index is 0.137. The summed E-state index contributed by atoms with van der Waals surface area (Å²) in [6.45, 7) is 0. The molecule has 1 amide bonds. The average Bonchev–Trinajstić information content (AvgIpc) is 2.62. The Morgan fingerprint density at radius 3 is 2.26 bits per heavy atom. The number of anilines is 3. The molecule has 0 saturated carbocycles. The largest absolute Gasteiger partial charge is 0.399 e. The molecule has 0 saturated heterocycles. The van der Waals surface area contributed by atoms with E-state index >= 15 is 0 Å². The van der Waals surface area contributed by atoms with Crippen LogP contribution in [0.25, 0.3) is 11.1 Å². The quantitative estimate of drug-likeness (QED) is 0.406. The van der Waals surface area contributed by atoms with Crippen molar-refractivity contribution < 1.29 is 9.18 Å². The standard InChI is InChI=1S/C20H17FN4OS/c21-18-16(5-2-6-17(18)19(23)26)12-7-9-14(10-8-12)24-20(27)25-15-4-1-3-13(22)11-15/h1-11H,22H2,(H2,23,26)(H2,24,25,27). The summed E-state index contributed by atoms with van der Waals surface area (Å²) >= 11 is 5.28. The fourth-order valence-electron chi connectivity index (χ4n) is 2.59. The molecule has 0 unspecified atom stereocenters. The molecule has 0 fully saturated rings. The highest BCUT2D eigenvalue weighted by Gasteiger charge is 2.13. The maximum Gasteiger partial charge on any atom is 0.251 e. The van der Waals surface area contributed by atoms with Crippen LogP contribution in [0.2, 0.25) is 0 Å². The Kier molecular flexibility index (Phi) is 5.33. The number of nitrogen functional groups attached to an aromatic ring is 1. The van der Waals surface area contributed by atoms with E-state index in [0.29, 0.717) is 21.9 Å². The first kappa shape index (κ1) is 18.3. The van der Waals surface area contributed by atoms with Crippen LogP contribution in [-0.4, -0.2) is 11.0 Å². The van der Waals surface area contributed by atoms with E-state index in [-0.39, 0.29) is 5.56 Å². The number of rotatable bonds is 4. The molecular weight excluding hydrogens is 363 g/mol. The van der Waals surface area contributed by atoms with Crippen molar-refractivity contribution in [3.63, 3.8) is 0 Å². The van der Waals surface area contributed by atoms with Gasteiger partial charge in [-0.05, 0) is 54.2 Å². The van der Waals surface area contributed by atoms with E-state index in [0.717, 1.165) is 11.4 Å². The van der Waals surface area contributed by atoms with Crippen molar-refractivity contribution >= 4 is 40.3 Å². The monoisotopic (exact) mass is 380 g/mol. The summed E-state index contributed by atoms with van der Waals surface area (Å²) in [5.74, 6) is -1.44. The van der Waals surface area contributed by atoms with Crippen LogP contribution < -0.4 is 22.1 Å². The Morgan fingerprint density at radius 2 is 1.59 bits per heavy atom. The van der Waals surface area contributed by atoms with Gasteiger partial charge in [-0.15, -0.1) is 0 Å². The normalized spacial score (nSPS) is 10.3. The van der Waals surface area contributed by atoms with Gasteiger partial charge in [0.15, 0.2) is 5.11 Å². The number of primary amides is 1. The molecule has 0 radical (unpaired) electrons. The van der Waals surface area contributed by atoms with Crippen LogP contribution in [0.4, 0.5) is 21.5 Å². The molecule has 27 heavy (non-hydrogen) atoms. The summed E-state index contributed by atoms with van der Waals surface area (Å²) in [6.07, 6.45) is 0. The molecule has 0 bridgehead atoms. The molecule has 0 atom stereocenters. The lowest BCUT2D eigenvalue weighted by atomic mass is 10.0. The molecule has 7 heteroatoms. The van der Waals surface area contributed by atoms with E-state index in [9.17, 15) is 9.18 Å². The summed E-state index contributed by atoms with van der Waals surface area (Å²) in [5, 5.41) is 6.48. The number of hydrogen-bond donors (Lipinski definition) is 4. The Morgan fingerprint density at radius 1 is 0.926 bits per heavy atom. The minimum atomic E-state index is -0.800. The molecule has 0 heterocycles. The smallest absolute Gasteiger partial charge is 0.251 e. The second-order valence-corrected chi connectivity index (χ2v) is 6.22. The predicted molar refractivity (Wildman–Crippen MR) is 111 cm³/mol. The van der Waals surface area contributed by atoms with Crippen molar-refractivity contribution in [1.29, 1.82) is 0 Å². The van der Waals surface area contributed by atoms with Crippen molar-refractivity contribution in [2.45, 2.75) is 0 Å². The maximum absolute atomic E-state index is 14.4. The van der Waals surface area contributed by atoms with Gasteiger partial charge in [-0.3, -0.25) is 4.79 Å². The van der Waals surface area contributed by atoms with Crippen LogP contribution in [0, 0.1) is 5.82 Å². The molecule has 0 aliphatic carbocycles. The minimum Gasteiger partial charge on any atom is -0.399 e. The lowest BCUT2D eigenvalue weighted by Gasteiger charge is -2.12. The van der Waals surface area contributed by atoms with Crippen molar-refractivity contribution in [3.8, 4) is 11.1 Å². The van der Waals surface area contributed by atoms with Crippen molar-refractivity contribution in [2.75, 3.05) is 16.4 Å². The van der Waals surface area contributed by atoms with Crippen LogP contribution in [0.5, 0.6) is 0 Å². The van der Waals surface area contributed by atoms with Crippen molar-refractivity contribution in [2.24, 2.45) is 5.73 Å². The molecule has 0 spiro atoms. The molecule has 3 aromatic rings. The highest BCUT2D eigenvalue weighted by Crippen LogP contribution is 2.26. The molecule has 3 rings (SSSR count). The zero-order valence-corrected chi connectivity index (χ0v) is 15.0. The van der Waals surface area contributed by atoms with E-state index in [2.05, 4.69) is 10.6 Å². The highest BCUT2D eigenvalue weighted by molar-refractivity contribution is 7.80.